The Morgan fingerprint density at radius 3 is 2.52 bits per heavy atom. The van der Waals surface area contributed by atoms with Gasteiger partial charge in [-0.3, -0.25) is 14.5 Å². The Morgan fingerprint density at radius 2 is 1.85 bits per heavy atom. The van der Waals surface area contributed by atoms with E-state index in [1.54, 1.807) is 36.4 Å². The molecule has 3 aromatic rings. The molecule has 0 saturated carbocycles. The van der Waals surface area contributed by atoms with Crippen molar-refractivity contribution in [2.24, 2.45) is 0 Å². The highest BCUT2D eigenvalue weighted by Crippen LogP contribution is 2.44. The second-order valence-electron chi connectivity index (χ2n) is 9.42. The van der Waals surface area contributed by atoms with Crippen molar-refractivity contribution in [3.8, 4) is 6.07 Å². The zero-order valence-corrected chi connectivity index (χ0v) is 21.1. The number of rotatable bonds is 6. The predicted octanol–water partition coefficient (Wildman–Crippen LogP) is 5.48. The predicted molar refractivity (Wildman–Crippen MR) is 136 cm³/mol. The van der Waals surface area contributed by atoms with Crippen LogP contribution in [0.4, 0.5) is 23.7 Å². The van der Waals surface area contributed by atoms with Gasteiger partial charge >= 0.3 is 12.2 Å². The van der Waals surface area contributed by atoms with Gasteiger partial charge in [0, 0.05) is 17.7 Å². The molecule has 40 heavy (non-hydrogen) atoms. The van der Waals surface area contributed by atoms with Crippen molar-refractivity contribution in [2.75, 3.05) is 11.4 Å². The third kappa shape index (κ3) is 5.20. The van der Waals surface area contributed by atoms with E-state index in [0.717, 1.165) is 17.0 Å². The Kier molecular flexibility index (Phi) is 7.17. The lowest BCUT2D eigenvalue weighted by molar-refractivity contribution is -0.137. The number of urea groups is 1. The van der Waals surface area contributed by atoms with Gasteiger partial charge in [0.1, 0.15) is 12.3 Å². The number of halogens is 3. The Balaban J connectivity index is 1.61. The van der Waals surface area contributed by atoms with Gasteiger partial charge in [0.2, 0.25) is 5.91 Å². The van der Waals surface area contributed by atoms with Crippen LogP contribution in [0.1, 0.15) is 47.8 Å². The van der Waals surface area contributed by atoms with Gasteiger partial charge in [0.15, 0.2) is 5.78 Å². The molecule has 204 valence electrons. The van der Waals surface area contributed by atoms with E-state index in [4.69, 9.17) is 4.42 Å². The molecule has 1 N–H and O–H groups in total. The number of benzene rings is 2. The van der Waals surface area contributed by atoms with Crippen LogP contribution in [-0.2, 0) is 22.3 Å². The Labute approximate surface area is 227 Å². The summed E-state index contributed by atoms with van der Waals surface area (Å²) in [6.07, 6.45) is -2.30. The van der Waals surface area contributed by atoms with Gasteiger partial charge in [0.05, 0.1) is 41.7 Å². The molecule has 8 nitrogen and oxygen atoms in total. The topological polar surface area (TPSA) is 107 Å². The molecular weight excluding hydrogens is 525 g/mol. The van der Waals surface area contributed by atoms with E-state index in [2.05, 4.69) is 5.32 Å². The van der Waals surface area contributed by atoms with Gasteiger partial charge in [-0.1, -0.05) is 18.2 Å². The summed E-state index contributed by atoms with van der Waals surface area (Å²) in [5.41, 5.74) is 0.412. The molecule has 1 atom stereocenters. The Bertz CT molecular complexity index is 1520. The van der Waals surface area contributed by atoms with Gasteiger partial charge in [0.25, 0.3) is 0 Å². The number of Topliss-reactive ketones (excluding diaryl/α,β-unsaturated/α-hetero) is 1. The van der Waals surface area contributed by atoms with Gasteiger partial charge in [-0.25, -0.2) is 4.79 Å². The minimum atomic E-state index is -4.65. The van der Waals surface area contributed by atoms with Crippen molar-refractivity contribution < 1.29 is 32.0 Å². The van der Waals surface area contributed by atoms with E-state index in [1.807, 2.05) is 6.07 Å². The van der Waals surface area contributed by atoms with Crippen LogP contribution in [0.3, 0.4) is 0 Å². The van der Waals surface area contributed by atoms with Crippen molar-refractivity contribution >= 4 is 23.4 Å². The highest BCUT2D eigenvalue weighted by Gasteiger charge is 2.45. The molecule has 0 radical (unpaired) electrons. The zero-order chi connectivity index (χ0) is 28.4. The lowest BCUT2D eigenvalue weighted by atomic mass is 9.83. The zero-order valence-electron chi connectivity index (χ0n) is 21.1. The molecular formula is C29H23F3N4O4. The fraction of sp³-hybridized carbons (Fsp3) is 0.241. The normalized spacial score (nSPS) is 17.5. The number of alkyl halides is 3. The summed E-state index contributed by atoms with van der Waals surface area (Å²) in [6, 6.07) is 14.3. The first-order chi connectivity index (χ1) is 19.2. The highest BCUT2D eigenvalue weighted by atomic mass is 19.4. The van der Waals surface area contributed by atoms with Crippen molar-refractivity contribution in [1.82, 2.24) is 10.2 Å². The fourth-order valence-corrected chi connectivity index (χ4v) is 5.04. The first-order valence-corrected chi connectivity index (χ1v) is 12.5. The number of carbonyl (C=O) groups is 3. The lowest BCUT2D eigenvalue weighted by Gasteiger charge is -2.45. The second-order valence-corrected chi connectivity index (χ2v) is 9.42. The molecule has 0 bridgehead atoms. The van der Waals surface area contributed by atoms with Gasteiger partial charge in [-0.2, -0.15) is 18.4 Å². The molecule has 1 aromatic heterocycles. The van der Waals surface area contributed by atoms with Crippen LogP contribution in [-0.4, -0.2) is 29.2 Å². The van der Waals surface area contributed by atoms with E-state index in [9.17, 15) is 32.8 Å². The number of hydrogen-bond acceptors (Lipinski definition) is 5. The average molecular weight is 549 g/mol. The number of amides is 3. The number of furan rings is 1. The summed E-state index contributed by atoms with van der Waals surface area (Å²) in [7, 11) is 0. The van der Waals surface area contributed by atoms with E-state index < -0.39 is 36.3 Å². The van der Waals surface area contributed by atoms with Gasteiger partial charge in [-0.15, -0.1) is 0 Å². The standard InChI is InChI=1S/C29H23F3N4O4/c30-29(31,32)20-4-1-5-21(14-20)36-23-7-2-8-24(37)26(23)27(19-11-9-18(15-33)10-12-19)35(28(36)39)17-25(38)34-16-22-6-3-13-40-22/h1,3-6,9-14,27H,2,7-8,16-17H2,(H,34,38). The first-order valence-electron chi connectivity index (χ1n) is 12.5. The number of nitrogens with one attached hydrogen (secondary N) is 1. The minimum Gasteiger partial charge on any atom is -0.467 e. The Hall–Kier alpha value is -4.85. The number of nitriles is 1. The third-order valence-corrected chi connectivity index (χ3v) is 6.86. The molecule has 2 aromatic carbocycles. The first kappa shape index (κ1) is 26.7. The molecule has 1 aliphatic heterocycles. The summed E-state index contributed by atoms with van der Waals surface area (Å²) in [5.74, 6) is -0.333. The summed E-state index contributed by atoms with van der Waals surface area (Å²) >= 11 is 0. The Morgan fingerprint density at radius 1 is 1.07 bits per heavy atom. The smallest absolute Gasteiger partial charge is 0.416 e. The summed E-state index contributed by atoms with van der Waals surface area (Å²) in [6.45, 7) is -0.427. The van der Waals surface area contributed by atoms with E-state index >= 15 is 0 Å². The maximum Gasteiger partial charge on any atom is 0.416 e. The number of nitrogens with zero attached hydrogens (tertiary/aromatic N) is 3. The fourth-order valence-electron chi connectivity index (χ4n) is 5.04. The van der Waals surface area contributed by atoms with Crippen LogP contribution in [0.2, 0.25) is 0 Å². The lowest BCUT2D eigenvalue weighted by Crippen LogP contribution is -2.54. The van der Waals surface area contributed by atoms with Gasteiger partial charge in [-0.05, 0) is 60.9 Å². The molecule has 0 saturated heterocycles. The van der Waals surface area contributed by atoms with Crippen LogP contribution in [0.25, 0.3) is 0 Å². The average Bonchev–Trinajstić information content (AvgIpc) is 3.46. The minimum absolute atomic E-state index is 0.0544. The number of anilines is 1. The molecule has 1 unspecified atom stereocenters. The molecule has 3 amide bonds. The van der Waals surface area contributed by atoms with Crippen LogP contribution < -0.4 is 10.2 Å². The number of hydrogen-bond donors (Lipinski definition) is 1. The van der Waals surface area contributed by atoms with E-state index in [1.165, 1.54) is 23.3 Å². The molecule has 2 aliphatic rings. The molecule has 0 spiro atoms. The van der Waals surface area contributed by atoms with Crippen LogP contribution in [0, 0.1) is 11.3 Å². The number of allylic oxidation sites excluding steroid dienone is 1. The molecule has 5 rings (SSSR count). The highest BCUT2D eigenvalue weighted by molar-refractivity contribution is 6.07. The van der Waals surface area contributed by atoms with Crippen LogP contribution >= 0.6 is 0 Å². The van der Waals surface area contributed by atoms with E-state index in [0.29, 0.717) is 29.0 Å². The van der Waals surface area contributed by atoms with E-state index in [-0.39, 0.29) is 36.4 Å². The summed E-state index contributed by atoms with van der Waals surface area (Å²) in [5, 5.41) is 11.9. The number of ketones is 1. The van der Waals surface area contributed by atoms with Crippen LogP contribution in [0.15, 0.2) is 82.6 Å². The molecule has 2 heterocycles. The number of carbonyl (C=O) groups excluding carboxylic acids is 3. The SMILES string of the molecule is N#Cc1ccc(C2C3=C(CCCC3=O)N(c3cccc(C(F)(F)F)c3)C(=O)N2CC(=O)NCc2ccco2)cc1. The van der Waals surface area contributed by atoms with Crippen molar-refractivity contribution in [3.63, 3.8) is 0 Å². The second kappa shape index (κ2) is 10.7. The summed E-state index contributed by atoms with van der Waals surface area (Å²) in [4.78, 5) is 42.8. The molecule has 11 heteroatoms. The maximum atomic E-state index is 14.1. The van der Waals surface area contributed by atoms with Gasteiger partial charge < -0.3 is 14.6 Å². The monoisotopic (exact) mass is 548 g/mol. The van der Waals surface area contributed by atoms with Crippen LogP contribution in [0.5, 0.6) is 0 Å². The summed E-state index contributed by atoms with van der Waals surface area (Å²) < 4.78 is 45.9. The quantitative estimate of drug-likeness (QED) is 0.439. The third-order valence-electron chi connectivity index (χ3n) is 6.86. The largest absolute Gasteiger partial charge is 0.467 e. The van der Waals surface area contributed by atoms with Crippen molar-refractivity contribution in [2.45, 2.75) is 38.0 Å². The molecule has 0 fully saturated rings. The van der Waals surface area contributed by atoms with Crippen molar-refractivity contribution in [3.05, 3.63) is 101 Å². The van der Waals surface area contributed by atoms with Crippen molar-refractivity contribution in [1.29, 1.82) is 5.26 Å². The maximum absolute atomic E-state index is 14.1. The molecule has 1 aliphatic carbocycles.